The van der Waals surface area contributed by atoms with Gasteiger partial charge in [-0.25, -0.2) is 4.90 Å². The van der Waals surface area contributed by atoms with Crippen molar-refractivity contribution in [1.29, 1.82) is 0 Å². The first-order valence-corrected chi connectivity index (χ1v) is 7.70. The van der Waals surface area contributed by atoms with Crippen LogP contribution >= 0.6 is 0 Å². The van der Waals surface area contributed by atoms with E-state index in [1.807, 2.05) is 18.2 Å². The molecule has 3 heteroatoms. The van der Waals surface area contributed by atoms with Crippen molar-refractivity contribution in [2.24, 2.45) is 0 Å². The summed E-state index contributed by atoms with van der Waals surface area (Å²) >= 11 is 0. The Bertz CT molecular complexity index is 543. The Morgan fingerprint density at radius 1 is 0.905 bits per heavy atom. The van der Waals surface area contributed by atoms with Gasteiger partial charge < -0.3 is 0 Å². The molecule has 0 bridgehead atoms. The summed E-state index contributed by atoms with van der Waals surface area (Å²) in [7, 11) is 0. The van der Waals surface area contributed by atoms with Crippen molar-refractivity contribution < 1.29 is 9.59 Å². The average molecular weight is 285 g/mol. The van der Waals surface area contributed by atoms with Gasteiger partial charge in [0.2, 0.25) is 0 Å². The predicted molar refractivity (Wildman–Crippen MR) is 85.5 cm³/mol. The van der Waals surface area contributed by atoms with Crippen molar-refractivity contribution in [1.82, 2.24) is 0 Å². The fourth-order valence-corrected chi connectivity index (χ4v) is 2.69. The van der Waals surface area contributed by atoms with Crippen LogP contribution in [0.3, 0.4) is 0 Å². The molecular weight excluding hydrogens is 262 g/mol. The number of imide groups is 1. The molecule has 3 nitrogen and oxygen atoms in total. The number of carbonyl (C=O) groups excluding carboxylic acids is 2. The molecule has 1 heterocycles. The molecule has 1 aliphatic heterocycles. The third kappa shape index (κ3) is 2.78. The van der Waals surface area contributed by atoms with Crippen LogP contribution in [-0.2, 0) is 9.59 Å². The third-order valence-corrected chi connectivity index (χ3v) is 4.42. The van der Waals surface area contributed by atoms with Gasteiger partial charge in [0.05, 0.1) is 5.69 Å². The second-order valence-electron chi connectivity index (χ2n) is 5.75. The van der Waals surface area contributed by atoms with E-state index in [1.54, 1.807) is 0 Å². The average Bonchev–Trinajstić information content (AvgIpc) is 2.83. The van der Waals surface area contributed by atoms with E-state index in [2.05, 4.69) is 27.7 Å². The number of hydrogen-bond donors (Lipinski definition) is 0. The maximum atomic E-state index is 12.1. The molecule has 2 amide bonds. The number of para-hydroxylation sites is 1. The lowest BCUT2D eigenvalue weighted by molar-refractivity contribution is -0.120. The van der Waals surface area contributed by atoms with Crippen LogP contribution in [0.4, 0.5) is 5.69 Å². The molecule has 0 saturated carbocycles. The van der Waals surface area contributed by atoms with Crippen LogP contribution in [-0.4, -0.2) is 11.8 Å². The number of nitrogens with zero attached hydrogens (tertiary/aromatic N) is 1. The minimum atomic E-state index is -0.236. The highest BCUT2D eigenvalue weighted by atomic mass is 16.2. The van der Waals surface area contributed by atoms with Gasteiger partial charge in [-0.2, -0.15) is 0 Å². The Kier molecular flexibility index (Phi) is 4.61. The molecule has 112 valence electrons. The third-order valence-electron chi connectivity index (χ3n) is 4.42. The van der Waals surface area contributed by atoms with Crippen LogP contribution in [0.15, 0.2) is 30.4 Å². The molecule has 0 aliphatic carbocycles. The Morgan fingerprint density at radius 3 is 1.71 bits per heavy atom. The maximum absolute atomic E-state index is 12.1. The molecule has 2 atom stereocenters. The zero-order valence-corrected chi connectivity index (χ0v) is 13.2. The minimum Gasteiger partial charge on any atom is -0.269 e. The van der Waals surface area contributed by atoms with E-state index in [-0.39, 0.29) is 11.8 Å². The van der Waals surface area contributed by atoms with E-state index < -0.39 is 0 Å². The van der Waals surface area contributed by atoms with Crippen LogP contribution in [0.25, 0.3) is 0 Å². The summed E-state index contributed by atoms with van der Waals surface area (Å²) < 4.78 is 0. The highest BCUT2D eigenvalue weighted by Crippen LogP contribution is 2.38. The first kappa shape index (κ1) is 15.5. The van der Waals surface area contributed by atoms with E-state index in [9.17, 15) is 9.59 Å². The summed E-state index contributed by atoms with van der Waals surface area (Å²) in [4.78, 5) is 25.6. The number of carbonyl (C=O) groups is 2. The molecule has 2 rings (SSSR count). The van der Waals surface area contributed by atoms with Crippen LogP contribution in [0, 0.1) is 0 Å². The number of anilines is 1. The highest BCUT2D eigenvalue weighted by molar-refractivity contribution is 6.28. The molecule has 2 unspecified atom stereocenters. The van der Waals surface area contributed by atoms with Crippen LogP contribution in [0.5, 0.6) is 0 Å². The fraction of sp³-hybridized carbons (Fsp3) is 0.444. The standard InChI is InChI=1S/C18H23NO2/c1-5-12(3)14-8-7-9-15(13(4)6-2)18(14)19-16(20)10-11-17(19)21/h7-13H,5-6H2,1-4H3. The van der Waals surface area contributed by atoms with Gasteiger partial charge in [0, 0.05) is 12.2 Å². The van der Waals surface area contributed by atoms with Gasteiger partial charge >= 0.3 is 0 Å². The second kappa shape index (κ2) is 6.25. The Balaban J connectivity index is 2.64. The molecule has 0 spiro atoms. The summed E-state index contributed by atoms with van der Waals surface area (Å²) in [6.45, 7) is 8.52. The van der Waals surface area contributed by atoms with Crippen molar-refractivity contribution in [3.8, 4) is 0 Å². The van der Waals surface area contributed by atoms with Crippen molar-refractivity contribution in [3.63, 3.8) is 0 Å². The SMILES string of the molecule is CCC(C)c1cccc(C(C)CC)c1N1C(=O)C=CC1=O. The molecule has 1 aliphatic rings. The summed E-state index contributed by atoms with van der Waals surface area (Å²) in [6, 6.07) is 6.10. The Hall–Kier alpha value is -1.90. The topological polar surface area (TPSA) is 37.4 Å². The normalized spacial score (nSPS) is 17.4. The quantitative estimate of drug-likeness (QED) is 0.762. The smallest absolute Gasteiger partial charge is 0.258 e. The number of amides is 2. The molecule has 0 radical (unpaired) electrons. The Morgan fingerprint density at radius 2 is 1.33 bits per heavy atom. The van der Waals surface area contributed by atoms with Crippen LogP contribution in [0.1, 0.15) is 63.5 Å². The molecular formula is C18H23NO2. The van der Waals surface area contributed by atoms with Gasteiger partial charge in [-0.15, -0.1) is 0 Å². The maximum Gasteiger partial charge on any atom is 0.258 e. The lowest BCUT2D eigenvalue weighted by atomic mass is 9.88. The van der Waals surface area contributed by atoms with Crippen LogP contribution < -0.4 is 4.90 Å². The van der Waals surface area contributed by atoms with Gasteiger partial charge in [0.1, 0.15) is 0 Å². The van der Waals surface area contributed by atoms with Crippen molar-refractivity contribution >= 4 is 17.5 Å². The predicted octanol–water partition coefficient (Wildman–Crippen LogP) is 4.14. The second-order valence-corrected chi connectivity index (χ2v) is 5.75. The monoisotopic (exact) mass is 285 g/mol. The highest BCUT2D eigenvalue weighted by Gasteiger charge is 2.31. The first-order valence-electron chi connectivity index (χ1n) is 7.70. The fourth-order valence-electron chi connectivity index (χ4n) is 2.69. The van der Waals surface area contributed by atoms with Crippen molar-refractivity contribution in [2.75, 3.05) is 4.90 Å². The first-order chi connectivity index (χ1) is 10.0. The van der Waals surface area contributed by atoms with E-state index in [0.717, 1.165) is 29.7 Å². The van der Waals surface area contributed by atoms with Gasteiger partial charge in [0.25, 0.3) is 11.8 Å². The van der Waals surface area contributed by atoms with Gasteiger partial charge in [-0.1, -0.05) is 45.9 Å². The van der Waals surface area contributed by atoms with E-state index in [1.165, 1.54) is 17.1 Å². The zero-order chi connectivity index (χ0) is 15.6. The Labute approximate surface area is 126 Å². The number of rotatable bonds is 5. The molecule has 0 saturated heterocycles. The van der Waals surface area contributed by atoms with Crippen molar-refractivity contribution in [3.05, 3.63) is 41.5 Å². The molecule has 1 aromatic rings. The van der Waals surface area contributed by atoms with Gasteiger partial charge in [0.15, 0.2) is 0 Å². The van der Waals surface area contributed by atoms with E-state index in [0.29, 0.717) is 11.8 Å². The van der Waals surface area contributed by atoms with Crippen molar-refractivity contribution in [2.45, 2.75) is 52.4 Å². The molecule has 1 aromatic carbocycles. The molecule has 0 aromatic heterocycles. The lowest BCUT2D eigenvalue weighted by Gasteiger charge is -2.26. The summed E-state index contributed by atoms with van der Waals surface area (Å²) in [5.74, 6) is 0.149. The van der Waals surface area contributed by atoms with E-state index in [4.69, 9.17) is 0 Å². The number of benzene rings is 1. The largest absolute Gasteiger partial charge is 0.269 e. The summed E-state index contributed by atoms with van der Waals surface area (Å²) in [5.41, 5.74) is 2.97. The van der Waals surface area contributed by atoms with Gasteiger partial charge in [-0.3, -0.25) is 9.59 Å². The molecule has 0 fully saturated rings. The van der Waals surface area contributed by atoms with E-state index >= 15 is 0 Å². The number of hydrogen-bond acceptors (Lipinski definition) is 2. The lowest BCUT2D eigenvalue weighted by Crippen LogP contribution is -2.32. The molecule has 21 heavy (non-hydrogen) atoms. The summed E-state index contributed by atoms with van der Waals surface area (Å²) in [5, 5.41) is 0. The minimum absolute atomic E-state index is 0.236. The van der Waals surface area contributed by atoms with Gasteiger partial charge in [-0.05, 0) is 35.8 Å². The zero-order valence-electron chi connectivity index (χ0n) is 13.2. The summed E-state index contributed by atoms with van der Waals surface area (Å²) in [6.07, 6.45) is 4.66. The van der Waals surface area contributed by atoms with Crippen LogP contribution in [0.2, 0.25) is 0 Å². The molecule has 0 N–H and O–H groups in total.